The Labute approximate surface area is 321 Å². The fraction of sp³-hybridized carbons (Fsp3) is 0.240. The molecule has 0 aliphatic carbocycles. The highest BCUT2D eigenvalue weighted by atomic mass is 35.5. The van der Waals surface area contributed by atoms with Gasteiger partial charge in [0.25, 0.3) is 0 Å². The summed E-state index contributed by atoms with van der Waals surface area (Å²) in [4.78, 5) is 4.69. The molecule has 0 fully saturated rings. The Morgan fingerprint density at radius 1 is 0.377 bits per heavy atom. The molecule has 0 atom stereocenters. The van der Waals surface area contributed by atoms with Crippen molar-refractivity contribution in [3.05, 3.63) is 167 Å². The van der Waals surface area contributed by atoms with Crippen LogP contribution in [0.2, 0.25) is 5.02 Å². The van der Waals surface area contributed by atoms with Gasteiger partial charge in [0.2, 0.25) is 0 Å². The second kappa shape index (κ2) is 13.7. The molecular formula is C50H51ClN2. The van der Waals surface area contributed by atoms with Gasteiger partial charge in [-0.15, -0.1) is 0 Å². The van der Waals surface area contributed by atoms with E-state index in [1.165, 1.54) is 22.1 Å². The minimum absolute atomic E-state index is 0.0264. The Bertz CT molecular complexity index is 2320. The van der Waals surface area contributed by atoms with E-state index in [2.05, 4.69) is 218 Å². The Hall–Kier alpha value is -5.05. The SMILES string of the molecule is CC(C)(C)c1ccc(N(c2ccc(C(C)(C)C)cc2)c2cc3ccccc3c(N(c3ccc(C(C)(C)C)cc3)c3cccc4ccccc34)c2Cl)cc1. The first-order valence-electron chi connectivity index (χ1n) is 18.7. The highest BCUT2D eigenvalue weighted by molar-refractivity contribution is 6.39. The number of hydrogen-bond donors (Lipinski definition) is 0. The second-order valence-electron chi connectivity index (χ2n) is 17.3. The summed E-state index contributed by atoms with van der Waals surface area (Å²) < 4.78 is 0. The largest absolute Gasteiger partial charge is 0.309 e. The average Bonchev–Trinajstić information content (AvgIpc) is 3.13. The first-order chi connectivity index (χ1) is 25.1. The number of fused-ring (bicyclic) bond motifs is 2. The molecule has 7 aromatic rings. The van der Waals surface area contributed by atoms with E-state index >= 15 is 0 Å². The molecule has 2 nitrogen and oxygen atoms in total. The average molecular weight is 715 g/mol. The van der Waals surface area contributed by atoms with Crippen LogP contribution < -0.4 is 9.80 Å². The summed E-state index contributed by atoms with van der Waals surface area (Å²) in [5.74, 6) is 0. The summed E-state index contributed by atoms with van der Waals surface area (Å²) in [6.07, 6.45) is 0. The van der Waals surface area contributed by atoms with E-state index in [4.69, 9.17) is 11.6 Å². The van der Waals surface area contributed by atoms with Crippen LogP contribution in [0.4, 0.5) is 34.1 Å². The van der Waals surface area contributed by atoms with Gasteiger partial charge in [0, 0.05) is 27.8 Å². The van der Waals surface area contributed by atoms with Crippen LogP contribution in [0.25, 0.3) is 21.5 Å². The van der Waals surface area contributed by atoms with Crippen molar-refractivity contribution >= 4 is 67.3 Å². The van der Waals surface area contributed by atoms with Crippen molar-refractivity contribution in [2.45, 2.75) is 78.6 Å². The summed E-state index contributed by atoms with van der Waals surface area (Å²) >= 11 is 7.96. The molecule has 0 heterocycles. The van der Waals surface area contributed by atoms with E-state index in [0.29, 0.717) is 5.02 Å². The molecule has 0 saturated carbocycles. The third kappa shape index (κ3) is 7.18. The van der Waals surface area contributed by atoms with Crippen LogP contribution in [0.3, 0.4) is 0 Å². The number of hydrogen-bond acceptors (Lipinski definition) is 2. The molecule has 7 aromatic carbocycles. The van der Waals surface area contributed by atoms with Crippen LogP contribution >= 0.6 is 11.6 Å². The fourth-order valence-electron chi connectivity index (χ4n) is 7.22. The number of nitrogens with zero attached hydrogens (tertiary/aromatic N) is 2. The zero-order valence-electron chi connectivity index (χ0n) is 32.6. The van der Waals surface area contributed by atoms with Gasteiger partial charge in [0.1, 0.15) is 0 Å². The zero-order chi connectivity index (χ0) is 37.7. The number of benzene rings is 7. The molecule has 0 spiro atoms. The molecule has 0 bridgehead atoms. The molecule has 53 heavy (non-hydrogen) atoms. The molecule has 0 amide bonds. The Morgan fingerprint density at radius 2 is 0.774 bits per heavy atom. The predicted octanol–water partition coefficient (Wildman–Crippen LogP) is 15.5. The molecule has 0 aliphatic heterocycles. The second-order valence-corrected chi connectivity index (χ2v) is 17.7. The van der Waals surface area contributed by atoms with Crippen molar-refractivity contribution in [1.82, 2.24) is 0 Å². The summed E-state index contributed by atoms with van der Waals surface area (Å²) in [6.45, 7) is 20.3. The maximum Gasteiger partial charge on any atom is 0.0893 e. The van der Waals surface area contributed by atoms with Crippen molar-refractivity contribution in [3.63, 3.8) is 0 Å². The van der Waals surface area contributed by atoms with E-state index in [1.54, 1.807) is 0 Å². The third-order valence-electron chi connectivity index (χ3n) is 10.4. The molecule has 0 unspecified atom stereocenters. The van der Waals surface area contributed by atoms with Gasteiger partial charge >= 0.3 is 0 Å². The molecule has 7 rings (SSSR count). The van der Waals surface area contributed by atoms with Crippen LogP contribution in [-0.2, 0) is 16.2 Å². The van der Waals surface area contributed by atoms with Crippen LogP contribution in [0.5, 0.6) is 0 Å². The quantitative estimate of drug-likeness (QED) is 0.169. The highest BCUT2D eigenvalue weighted by Crippen LogP contribution is 2.51. The molecule has 0 aromatic heterocycles. The standard InChI is InChI=1S/C50H51ClN2/c1-48(2,3)36-21-27-39(28-22-36)52(40-29-23-37(24-30-40)49(4,5)6)45-33-35-16-11-13-19-43(35)47(46(45)51)53(41-31-25-38(26-32-41)50(7,8)9)44-20-14-17-34-15-10-12-18-42(34)44/h10-33H,1-9H3. The zero-order valence-corrected chi connectivity index (χ0v) is 33.4. The maximum absolute atomic E-state index is 7.96. The van der Waals surface area contributed by atoms with E-state index in [0.717, 1.165) is 50.3 Å². The Balaban J connectivity index is 1.54. The van der Waals surface area contributed by atoms with Crippen LogP contribution in [0.1, 0.15) is 79.0 Å². The summed E-state index contributed by atoms with van der Waals surface area (Å²) in [6, 6.07) is 53.0. The van der Waals surface area contributed by atoms with Gasteiger partial charge in [-0.2, -0.15) is 0 Å². The lowest BCUT2D eigenvalue weighted by atomic mass is 9.86. The predicted molar refractivity (Wildman–Crippen MR) is 232 cm³/mol. The molecule has 3 heteroatoms. The lowest BCUT2D eigenvalue weighted by Crippen LogP contribution is -2.17. The van der Waals surface area contributed by atoms with Crippen LogP contribution in [0, 0.1) is 0 Å². The first kappa shape index (κ1) is 36.3. The first-order valence-corrected chi connectivity index (χ1v) is 19.1. The van der Waals surface area contributed by atoms with E-state index < -0.39 is 0 Å². The van der Waals surface area contributed by atoms with E-state index in [9.17, 15) is 0 Å². The molecule has 0 aliphatic rings. The summed E-state index contributed by atoms with van der Waals surface area (Å²) in [5, 5.41) is 5.21. The maximum atomic E-state index is 7.96. The van der Waals surface area contributed by atoms with Crippen molar-refractivity contribution in [2.75, 3.05) is 9.80 Å². The summed E-state index contributed by atoms with van der Waals surface area (Å²) in [5.41, 5.74) is 10.1. The van der Waals surface area contributed by atoms with Gasteiger partial charge in [-0.25, -0.2) is 0 Å². The van der Waals surface area contributed by atoms with Gasteiger partial charge in [0.15, 0.2) is 0 Å². The molecule has 0 N–H and O–H groups in total. The number of rotatable bonds is 6. The minimum Gasteiger partial charge on any atom is -0.309 e. The molecular weight excluding hydrogens is 664 g/mol. The van der Waals surface area contributed by atoms with E-state index in [-0.39, 0.29) is 16.2 Å². The Morgan fingerprint density at radius 3 is 1.25 bits per heavy atom. The van der Waals surface area contributed by atoms with Gasteiger partial charge in [-0.1, -0.05) is 171 Å². The van der Waals surface area contributed by atoms with Gasteiger partial charge in [0.05, 0.1) is 22.1 Å². The monoisotopic (exact) mass is 714 g/mol. The van der Waals surface area contributed by atoms with E-state index in [1.807, 2.05) is 0 Å². The highest BCUT2D eigenvalue weighted by Gasteiger charge is 2.27. The van der Waals surface area contributed by atoms with Crippen molar-refractivity contribution in [3.8, 4) is 0 Å². The Kier molecular flexibility index (Phi) is 9.41. The third-order valence-corrected chi connectivity index (χ3v) is 10.8. The topological polar surface area (TPSA) is 6.48 Å². The smallest absolute Gasteiger partial charge is 0.0893 e. The van der Waals surface area contributed by atoms with Gasteiger partial charge in [-0.05, 0) is 92.2 Å². The normalized spacial score (nSPS) is 12.3. The van der Waals surface area contributed by atoms with Crippen LogP contribution in [-0.4, -0.2) is 0 Å². The fourth-order valence-corrected chi connectivity index (χ4v) is 7.55. The van der Waals surface area contributed by atoms with Crippen molar-refractivity contribution < 1.29 is 0 Å². The van der Waals surface area contributed by atoms with Crippen molar-refractivity contribution in [2.24, 2.45) is 0 Å². The summed E-state index contributed by atoms with van der Waals surface area (Å²) in [7, 11) is 0. The number of halogens is 1. The number of anilines is 6. The molecule has 268 valence electrons. The molecule has 0 saturated heterocycles. The van der Waals surface area contributed by atoms with Gasteiger partial charge in [-0.3, -0.25) is 0 Å². The lowest BCUT2D eigenvalue weighted by Gasteiger charge is -2.33. The van der Waals surface area contributed by atoms with Crippen LogP contribution in [0.15, 0.2) is 146 Å². The molecule has 0 radical (unpaired) electrons. The van der Waals surface area contributed by atoms with Gasteiger partial charge < -0.3 is 9.80 Å². The van der Waals surface area contributed by atoms with Crippen molar-refractivity contribution in [1.29, 1.82) is 0 Å². The minimum atomic E-state index is 0.0264. The lowest BCUT2D eigenvalue weighted by molar-refractivity contribution is 0.590.